The zero-order valence-electron chi connectivity index (χ0n) is 15.3. The van der Waals surface area contributed by atoms with E-state index in [1.54, 1.807) is 18.1 Å². The van der Waals surface area contributed by atoms with Crippen molar-refractivity contribution in [1.82, 2.24) is 10.2 Å². The topological polar surface area (TPSA) is 93.7 Å². The molecule has 0 unspecified atom stereocenters. The minimum absolute atomic E-state index is 0.0851. The number of hydrogen-bond acceptors (Lipinski definition) is 7. The smallest absolute Gasteiger partial charge is 0.231 e. The lowest BCUT2D eigenvalue weighted by atomic mass is 10.1. The standard InChI is InChI=1S/C18H22N4O4S/c1-3-26-8-7-15-20-21-18(27-15)19-17(24)12-9-16(23)22(11-12)13-5-4-6-14(10-13)25-2/h4-6,10,12H,3,7-9,11H2,1-2H3,(H,19,21,24)/t12-/m1/s1. The number of nitrogens with zero attached hydrogens (tertiary/aromatic N) is 3. The molecule has 2 heterocycles. The van der Waals surface area contributed by atoms with E-state index in [1.165, 1.54) is 11.3 Å². The predicted octanol–water partition coefficient (Wildman–Crippen LogP) is 2.12. The molecular weight excluding hydrogens is 368 g/mol. The van der Waals surface area contributed by atoms with Gasteiger partial charge in [-0.15, -0.1) is 10.2 Å². The van der Waals surface area contributed by atoms with Gasteiger partial charge in [0.25, 0.3) is 0 Å². The molecule has 1 aromatic heterocycles. The molecule has 1 aliphatic heterocycles. The first kappa shape index (κ1) is 19.2. The van der Waals surface area contributed by atoms with Crippen molar-refractivity contribution in [1.29, 1.82) is 0 Å². The molecule has 9 heteroatoms. The Morgan fingerprint density at radius 1 is 1.41 bits per heavy atom. The summed E-state index contributed by atoms with van der Waals surface area (Å²) in [6.45, 7) is 3.49. The highest BCUT2D eigenvalue weighted by molar-refractivity contribution is 7.15. The fraction of sp³-hybridized carbons (Fsp3) is 0.444. The number of amides is 2. The number of aromatic nitrogens is 2. The zero-order valence-corrected chi connectivity index (χ0v) is 16.1. The number of carbonyl (C=O) groups excluding carboxylic acids is 2. The Labute approximate surface area is 161 Å². The van der Waals surface area contributed by atoms with Gasteiger partial charge in [0.1, 0.15) is 10.8 Å². The Morgan fingerprint density at radius 2 is 2.26 bits per heavy atom. The van der Waals surface area contributed by atoms with Crippen molar-refractivity contribution < 1.29 is 19.1 Å². The summed E-state index contributed by atoms with van der Waals surface area (Å²) in [5.41, 5.74) is 0.726. The van der Waals surface area contributed by atoms with Gasteiger partial charge in [-0.25, -0.2) is 0 Å². The van der Waals surface area contributed by atoms with E-state index in [4.69, 9.17) is 9.47 Å². The van der Waals surface area contributed by atoms with E-state index < -0.39 is 5.92 Å². The first-order chi connectivity index (χ1) is 13.1. The summed E-state index contributed by atoms with van der Waals surface area (Å²) < 4.78 is 10.5. The highest BCUT2D eigenvalue weighted by atomic mass is 32.1. The third-order valence-corrected chi connectivity index (χ3v) is 5.12. The van der Waals surface area contributed by atoms with Crippen LogP contribution in [0.3, 0.4) is 0 Å². The average molecular weight is 390 g/mol. The number of methoxy groups -OCH3 is 1. The molecule has 1 atom stereocenters. The van der Waals surface area contributed by atoms with Crippen molar-refractivity contribution in [2.24, 2.45) is 5.92 Å². The van der Waals surface area contributed by atoms with Gasteiger partial charge in [0, 0.05) is 37.7 Å². The van der Waals surface area contributed by atoms with E-state index in [1.807, 2.05) is 25.1 Å². The molecule has 144 valence electrons. The molecule has 1 N–H and O–H groups in total. The quantitative estimate of drug-likeness (QED) is 0.694. The van der Waals surface area contributed by atoms with Crippen LogP contribution in [0, 0.1) is 5.92 Å². The molecule has 27 heavy (non-hydrogen) atoms. The maximum Gasteiger partial charge on any atom is 0.231 e. The molecule has 2 aromatic rings. The third-order valence-electron chi connectivity index (χ3n) is 4.22. The molecule has 2 amide bonds. The molecule has 0 aliphatic carbocycles. The molecule has 8 nitrogen and oxygen atoms in total. The van der Waals surface area contributed by atoms with Crippen LogP contribution in [0.15, 0.2) is 24.3 Å². The molecular formula is C18H22N4O4S. The summed E-state index contributed by atoms with van der Waals surface area (Å²) in [4.78, 5) is 26.5. The summed E-state index contributed by atoms with van der Waals surface area (Å²) >= 11 is 1.32. The summed E-state index contributed by atoms with van der Waals surface area (Å²) in [5, 5.41) is 12.1. The Morgan fingerprint density at radius 3 is 3.04 bits per heavy atom. The SMILES string of the molecule is CCOCCc1nnc(NC(=O)[C@@H]2CC(=O)N(c3cccc(OC)c3)C2)s1. The van der Waals surface area contributed by atoms with E-state index >= 15 is 0 Å². The second-order valence-electron chi connectivity index (χ2n) is 6.04. The minimum Gasteiger partial charge on any atom is -0.497 e. The van der Waals surface area contributed by atoms with E-state index in [-0.39, 0.29) is 18.2 Å². The molecule has 1 aliphatic rings. The van der Waals surface area contributed by atoms with Gasteiger partial charge in [0.05, 0.1) is 19.6 Å². The Balaban J connectivity index is 1.59. The van der Waals surface area contributed by atoms with E-state index in [0.717, 1.165) is 10.7 Å². The highest BCUT2D eigenvalue weighted by Crippen LogP contribution is 2.28. The van der Waals surface area contributed by atoms with Crippen molar-refractivity contribution >= 4 is 34.0 Å². The maximum absolute atomic E-state index is 12.5. The van der Waals surface area contributed by atoms with Crippen molar-refractivity contribution in [2.75, 3.05) is 37.1 Å². The molecule has 1 aromatic carbocycles. The van der Waals surface area contributed by atoms with Crippen molar-refractivity contribution in [3.63, 3.8) is 0 Å². The number of hydrogen-bond donors (Lipinski definition) is 1. The lowest BCUT2D eigenvalue weighted by molar-refractivity contribution is -0.122. The van der Waals surface area contributed by atoms with Crippen LogP contribution in [-0.4, -0.2) is 48.9 Å². The summed E-state index contributed by atoms with van der Waals surface area (Å²) in [5.74, 6) is -0.0690. The van der Waals surface area contributed by atoms with Gasteiger partial charge in [-0.1, -0.05) is 17.4 Å². The highest BCUT2D eigenvalue weighted by Gasteiger charge is 2.35. The number of nitrogens with one attached hydrogen (secondary N) is 1. The maximum atomic E-state index is 12.5. The summed E-state index contributed by atoms with van der Waals surface area (Å²) in [7, 11) is 1.58. The first-order valence-electron chi connectivity index (χ1n) is 8.76. The van der Waals surface area contributed by atoms with Gasteiger partial charge in [-0.2, -0.15) is 0 Å². The van der Waals surface area contributed by atoms with Gasteiger partial charge < -0.3 is 19.7 Å². The molecule has 0 spiro atoms. The second-order valence-corrected chi connectivity index (χ2v) is 7.11. The van der Waals surface area contributed by atoms with Crippen LogP contribution >= 0.6 is 11.3 Å². The summed E-state index contributed by atoms with van der Waals surface area (Å²) in [6.07, 6.45) is 0.825. The average Bonchev–Trinajstić information content (AvgIpc) is 3.28. The predicted molar refractivity (Wildman–Crippen MR) is 102 cm³/mol. The molecule has 0 radical (unpaired) electrons. The number of ether oxygens (including phenoxy) is 2. The van der Waals surface area contributed by atoms with Crippen molar-refractivity contribution in [3.05, 3.63) is 29.3 Å². The molecule has 1 saturated heterocycles. The monoisotopic (exact) mass is 390 g/mol. The fourth-order valence-electron chi connectivity index (χ4n) is 2.83. The van der Waals surface area contributed by atoms with Crippen molar-refractivity contribution in [2.45, 2.75) is 19.8 Å². The van der Waals surface area contributed by atoms with Crippen LogP contribution in [0.5, 0.6) is 5.75 Å². The van der Waals surface area contributed by atoms with E-state index in [9.17, 15) is 9.59 Å². The third kappa shape index (κ3) is 4.81. The summed E-state index contributed by atoms with van der Waals surface area (Å²) in [6, 6.07) is 7.25. The minimum atomic E-state index is -0.431. The van der Waals surface area contributed by atoms with Crippen LogP contribution in [0.1, 0.15) is 18.4 Å². The van der Waals surface area contributed by atoms with Crippen LogP contribution in [0.4, 0.5) is 10.8 Å². The largest absolute Gasteiger partial charge is 0.497 e. The van der Waals surface area contributed by atoms with Crippen LogP contribution in [-0.2, 0) is 20.7 Å². The fourth-order valence-corrected chi connectivity index (χ4v) is 3.55. The number of anilines is 2. The molecule has 0 bridgehead atoms. The van der Waals surface area contributed by atoms with Gasteiger partial charge in [0.15, 0.2) is 0 Å². The first-order valence-corrected chi connectivity index (χ1v) is 9.57. The zero-order chi connectivity index (χ0) is 19.2. The Kier molecular flexibility index (Phi) is 6.36. The van der Waals surface area contributed by atoms with Crippen LogP contribution < -0.4 is 15.0 Å². The van der Waals surface area contributed by atoms with Crippen LogP contribution in [0.2, 0.25) is 0 Å². The van der Waals surface area contributed by atoms with Gasteiger partial charge in [-0.05, 0) is 19.1 Å². The second kappa shape index (κ2) is 8.92. The number of rotatable bonds is 8. The number of benzene rings is 1. The number of carbonyl (C=O) groups is 2. The van der Waals surface area contributed by atoms with E-state index in [0.29, 0.717) is 37.1 Å². The van der Waals surface area contributed by atoms with Gasteiger partial charge in [0.2, 0.25) is 16.9 Å². The normalized spacial score (nSPS) is 16.6. The van der Waals surface area contributed by atoms with Crippen LogP contribution in [0.25, 0.3) is 0 Å². The van der Waals surface area contributed by atoms with Gasteiger partial charge >= 0.3 is 0 Å². The lowest BCUT2D eigenvalue weighted by Crippen LogP contribution is -2.28. The van der Waals surface area contributed by atoms with Crippen molar-refractivity contribution in [3.8, 4) is 5.75 Å². The lowest BCUT2D eigenvalue weighted by Gasteiger charge is -2.17. The Bertz CT molecular complexity index is 810. The molecule has 3 rings (SSSR count). The van der Waals surface area contributed by atoms with Gasteiger partial charge in [-0.3, -0.25) is 9.59 Å². The Hall–Kier alpha value is -2.52. The van der Waals surface area contributed by atoms with E-state index in [2.05, 4.69) is 15.5 Å². The molecule has 1 fully saturated rings. The molecule has 0 saturated carbocycles.